The standard InChI is InChI=1S/C22H28N4O3/c27-20-19-14-24(21(28)23-16-9-5-2-6-10-16)11-12-25(19)22(29)26(20)18-13-17(18)15-7-3-1-4-8-15/h1,3-4,7-8,16-19H,2,5-6,9-14H2,(H,23,28)/t17-,18+,19+/m1/s1. The van der Waals surface area contributed by atoms with Crippen LogP contribution in [0.25, 0.3) is 0 Å². The minimum atomic E-state index is -0.537. The van der Waals surface area contributed by atoms with Gasteiger partial charge < -0.3 is 15.1 Å². The predicted molar refractivity (Wildman–Crippen MR) is 107 cm³/mol. The molecule has 1 N–H and O–H groups in total. The Labute approximate surface area is 171 Å². The van der Waals surface area contributed by atoms with Crippen molar-refractivity contribution in [2.24, 2.45) is 0 Å². The van der Waals surface area contributed by atoms with Crippen molar-refractivity contribution in [1.29, 1.82) is 0 Å². The third-order valence-electron chi connectivity index (χ3n) is 6.89. The summed E-state index contributed by atoms with van der Waals surface area (Å²) in [5, 5.41) is 3.13. The number of hydrogen-bond donors (Lipinski definition) is 1. The van der Waals surface area contributed by atoms with Crippen molar-refractivity contribution in [3.8, 4) is 0 Å². The molecule has 0 aromatic heterocycles. The van der Waals surface area contributed by atoms with Gasteiger partial charge in [0.15, 0.2) is 0 Å². The molecule has 0 bridgehead atoms. The second-order valence-electron chi connectivity index (χ2n) is 8.75. The topological polar surface area (TPSA) is 73.0 Å². The van der Waals surface area contributed by atoms with Crippen LogP contribution in [0, 0.1) is 0 Å². The molecule has 0 spiro atoms. The smallest absolute Gasteiger partial charge is 0.327 e. The fraction of sp³-hybridized carbons (Fsp3) is 0.591. The average molecular weight is 396 g/mol. The molecular weight excluding hydrogens is 368 g/mol. The maximum absolute atomic E-state index is 13.1. The lowest BCUT2D eigenvalue weighted by Gasteiger charge is -2.36. The first-order valence-corrected chi connectivity index (χ1v) is 10.9. The summed E-state index contributed by atoms with van der Waals surface area (Å²) in [6, 6.07) is 9.44. The van der Waals surface area contributed by atoms with Crippen molar-refractivity contribution in [3.05, 3.63) is 35.9 Å². The van der Waals surface area contributed by atoms with Gasteiger partial charge in [-0.3, -0.25) is 9.69 Å². The van der Waals surface area contributed by atoms with E-state index in [4.69, 9.17) is 0 Å². The number of benzene rings is 1. The van der Waals surface area contributed by atoms with Crippen molar-refractivity contribution in [3.63, 3.8) is 0 Å². The highest BCUT2D eigenvalue weighted by atomic mass is 16.2. The molecule has 29 heavy (non-hydrogen) atoms. The first-order chi connectivity index (χ1) is 14.1. The molecule has 7 heteroatoms. The van der Waals surface area contributed by atoms with Gasteiger partial charge in [-0.05, 0) is 24.8 Å². The van der Waals surface area contributed by atoms with Crippen LogP contribution < -0.4 is 5.32 Å². The number of piperazine rings is 1. The Morgan fingerprint density at radius 3 is 2.52 bits per heavy atom. The van der Waals surface area contributed by atoms with E-state index in [1.807, 2.05) is 18.2 Å². The van der Waals surface area contributed by atoms with Gasteiger partial charge in [0.1, 0.15) is 6.04 Å². The van der Waals surface area contributed by atoms with E-state index in [1.165, 1.54) is 16.9 Å². The molecule has 4 fully saturated rings. The summed E-state index contributed by atoms with van der Waals surface area (Å²) in [4.78, 5) is 43.5. The largest absolute Gasteiger partial charge is 0.335 e. The van der Waals surface area contributed by atoms with Gasteiger partial charge in [-0.15, -0.1) is 0 Å². The lowest BCUT2D eigenvalue weighted by molar-refractivity contribution is -0.129. The molecule has 2 saturated heterocycles. The van der Waals surface area contributed by atoms with E-state index < -0.39 is 6.04 Å². The van der Waals surface area contributed by atoms with Gasteiger partial charge >= 0.3 is 12.1 Å². The van der Waals surface area contributed by atoms with Gasteiger partial charge in [0.05, 0.1) is 6.54 Å². The van der Waals surface area contributed by atoms with E-state index in [0.717, 1.165) is 32.1 Å². The molecule has 3 atom stereocenters. The number of fused-ring (bicyclic) bond motifs is 1. The number of imide groups is 1. The average Bonchev–Trinajstić information content (AvgIpc) is 3.50. The summed E-state index contributed by atoms with van der Waals surface area (Å²) < 4.78 is 0. The Kier molecular flexibility index (Phi) is 4.68. The third-order valence-corrected chi connectivity index (χ3v) is 6.89. The number of nitrogens with one attached hydrogen (secondary N) is 1. The maximum atomic E-state index is 13.1. The molecule has 4 aliphatic rings. The van der Waals surface area contributed by atoms with Crippen LogP contribution in [-0.4, -0.2) is 70.4 Å². The van der Waals surface area contributed by atoms with Gasteiger partial charge in [0, 0.05) is 31.1 Å². The zero-order chi connectivity index (χ0) is 20.0. The van der Waals surface area contributed by atoms with E-state index in [-0.39, 0.29) is 36.0 Å². The molecule has 154 valence electrons. The quantitative estimate of drug-likeness (QED) is 0.798. The third kappa shape index (κ3) is 3.36. The lowest BCUT2D eigenvalue weighted by atomic mass is 9.96. The molecule has 2 aliphatic carbocycles. The van der Waals surface area contributed by atoms with Crippen LogP contribution in [0.5, 0.6) is 0 Å². The van der Waals surface area contributed by atoms with E-state index in [9.17, 15) is 14.4 Å². The number of nitrogens with zero attached hydrogens (tertiary/aromatic N) is 3. The Morgan fingerprint density at radius 1 is 1.00 bits per heavy atom. The van der Waals surface area contributed by atoms with E-state index in [0.29, 0.717) is 19.6 Å². The first kappa shape index (κ1) is 18.5. The highest BCUT2D eigenvalue weighted by Gasteiger charge is 2.56. The predicted octanol–water partition coefficient (Wildman–Crippen LogP) is 2.53. The molecule has 5 rings (SSSR count). The van der Waals surface area contributed by atoms with Crippen LogP contribution in [0.2, 0.25) is 0 Å². The van der Waals surface area contributed by atoms with Crippen LogP contribution >= 0.6 is 0 Å². The number of carbonyl (C=O) groups is 3. The Bertz CT molecular complexity index is 808. The Morgan fingerprint density at radius 2 is 1.76 bits per heavy atom. The molecule has 0 unspecified atom stereocenters. The minimum Gasteiger partial charge on any atom is -0.335 e. The summed E-state index contributed by atoms with van der Waals surface area (Å²) >= 11 is 0. The van der Waals surface area contributed by atoms with Crippen molar-refractivity contribution in [2.75, 3.05) is 19.6 Å². The highest BCUT2D eigenvalue weighted by molar-refractivity contribution is 6.05. The molecular formula is C22H28N4O3. The molecule has 1 aromatic rings. The summed E-state index contributed by atoms with van der Waals surface area (Å²) in [6.07, 6.45) is 6.45. The zero-order valence-corrected chi connectivity index (χ0v) is 16.6. The zero-order valence-electron chi connectivity index (χ0n) is 16.6. The minimum absolute atomic E-state index is 0.0486. The monoisotopic (exact) mass is 396 g/mol. The fourth-order valence-corrected chi connectivity index (χ4v) is 5.14. The molecule has 2 saturated carbocycles. The Balaban J connectivity index is 1.23. The molecule has 7 nitrogen and oxygen atoms in total. The molecule has 0 radical (unpaired) electrons. The second kappa shape index (κ2) is 7.35. The molecule has 2 aliphatic heterocycles. The van der Waals surface area contributed by atoms with Gasteiger partial charge in [-0.2, -0.15) is 0 Å². The van der Waals surface area contributed by atoms with Gasteiger partial charge in [0.25, 0.3) is 5.91 Å². The fourth-order valence-electron chi connectivity index (χ4n) is 5.14. The number of carbonyl (C=O) groups excluding carboxylic acids is 3. The van der Waals surface area contributed by atoms with Crippen LogP contribution in [0.1, 0.15) is 50.0 Å². The van der Waals surface area contributed by atoms with Crippen molar-refractivity contribution >= 4 is 18.0 Å². The normalized spacial score (nSPS) is 29.8. The number of amides is 5. The second-order valence-corrected chi connectivity index (χ2v) is 8.75. The Hall–Kier alpha value is -2.57. The summed E-state index contributed by atoms with van der Waals surface area (Å²) in [6.45, 7) is 1.20. The van der Waals surface area contributed by atoms with Gasteiger partial charge in [-0.25, -0.2) is 9.59 Å². The molecule has 1 aromatic carbocycles. The maximum Gasteiger partial charge on any atom is 0.327 e. The lowest BCUT2D eigenvalue weighted by Crippen LogP contribution is -2.57. The van der Waals surface area contributed by atoms with Crippen LogP contribution in [0.15, 0.2) is 30.3 Å². The first-order valence-electron chi connectivity index (χ1n) is 10.9. The SMILES string of the molecule is O=C(NC1CCCCC1)N1CCN2C(=O)N([C@H]3C[C@@H]3c3ccccc3)C(=O)[C@@H]2C1. The van der Waals surface area contributed by atoms with E-state index >= 15 is 0 Å². The number of hydrogen-bond acceptors (Lipinski definition) is 3. The molecule has 5 amide bonds. The van der Waals surface area contributed by atoms with Crippen LogP contribution in [0.4, 0.5) is 9.59 Å². The van der Waals surface area contributed by atoms with Crippen molar-refractivity contribution < 1.29 is 14.4 Å². The summed E-state index contributed by atoms with van der Waals surface area (Å²) in [5.74, 6) is 0.0877. The van der Waals surface area contributed by atoms with Gasteiger partial charge in [-0.1, -0.05) is 49.6 Å². The van der Waals surface area contributed by atoms with E-state index in [1.54, 1.807) is 9.80 Å². The van der Waals surface area contributed by atoms with Gasteiger partial charge in [0.2, 0.25) is 0 Å². The van der Waals surface area contributed by atoms with Crippen LogP contribution in [-0.2, 0) is 4.79 Å². The van der Waals surface area contributed by atoms with Crippen molar-refractivity contribution in [2.45, 2.75) is 62.6 Å². The summed E-state index contributed by atoms with van der Waals surface area (Å²) in [5.41, 5.74) is 1.18. The molecule has 2 heterocycles. The van der Waals surface area contributed by atoms with E-state index in [2.05, 4.69) is 17.4 Å². The van der Waals surface area contributed by atoms with Crippen molar-refractivity contribution in [1.82, 2.24) is 20.0 Å². The van der Waals surface area contributed by atoms with Crippen LogP contribution in [0.3, 0.4) is 0 Å². The highest BCUT2D eigenvalue weighted by Crippen LogP contribution is 2.46. The number of urea groups is 2. The number of rotatable bonds is 3. The summed E-state index contributed by atoms with van der Waals surface area (Å²) in [7, 11) is 0.